The highest BCUT2D eigenvalue weighted by Gasteiger charge is 2.24. The Morgan fingerprint density at radius 2 is 1.89 bits per heavy atom. The third kappa shape index (κ3) is 8.50. The van der Waals surface area contributed by atoms with Crippen LogP contribution in [0.4, 0.5) is 0 Å². The summed E-state index contributed by atoms with van der Waals surface area (Å²) < 4.78 is 0. The smallest absolute Gasteiger partial charge is 0.263 e. The quantitative estimate of drug-likeness (QED) is 0.448. The van der Waals surface area contributed by atoms with Crippen molar-refractivity contribution < 1.29 is 4.79 Å². The molecule has 19 heavy (non-hydrogen) atoms. The van der Waals surface area contributed by atoms with E-state index in [0.29, 0.717) is 12.4 Å². The maximum absolute atomic E-state index is 11.6. The van der Waals surface area contributed by atoms with E-state index in [4.69, 9.17) is 16.9 Å². The molecule has 0 aliphatic carbocycles. The van der Waals surface area contributed by atoms with Gasteiger partial charge in [0.25, 0.3) is 5.91 Å². The average molecular weight is 286 g/mol. The Morgan fingerprint density at radius 1 is 1.32 bits per heavy atom. The molecule has 0 aliphatic heterocycles. The molecular weight excluding hydrogens is 262 g/mol. The molecule has 0 atom stereocenters. The van der Waals surface area contributed by atoms with Gasteiger partial charge >= 0.3 is 0 Å². The van der Waals surface area contributed by atoms with Crippen LogP contribution < -0.4 is 10.6 Å². The SMILES string of the molecule is CC(C)(C)CC(C)(C)N/C=C(/C#N)C(=O)NCCCl. The summed E-state index contributed by atoms with van der Waals surface area (Å²) in [6.07, 6.45) is 2.40. The highest BCUT2D eigenvalue weighted by molar-refractivity contribution is 6.18. The van der Waals surface area contributed by atoms with Crippen LogP contribution in [0.2, 0.25) is 0 Å². The third-order valence-corrected chi connectivity index (χ3v) is 2.51. The number of carbonyl (C=O) groups excluding carboxylic acids is 1. The molecule has 108 valence electrons. The molecule has 0 bridgehead atoms. The maximum atomic E-state index is 11.6. The van der Waals surface area contributed by atoms with E-state index in [2.05, 4.69) is 31.4 Å². The van der Waals surface area contributed by atoms with E-state index in [1.165, 1.54) is 6.20 Å². The van der Waals surface area contributed by atoms with Gasteiger partial charge in [0.1, 0.15) is 11.6 Å². The third-order valence-electron chi connectivity index (χ3n) is 2.32. The van der Waals surface area contributed by atoms with Crippen molar-refractivity contribution in [2.75, 3.05) is 12.4 Å². The van der Waals surface area contributed by atoms with Crippen molar-refractivity contribution in [3.05, 3.63) is 11.8 Å². The number of nitrogens with zero attached hydrogens (tertiary/aromatic N) is 1. The molecule has 4 nitrogen and oxygen atoms in total. The van der Waals surface area contributed by atoms with Crippen LogP contribution in [0, 0.1) is 16.7 Å². The Hall–Kier alpha value is -1.21. The number of carbonyl (C=O) groups is 1. The molecule has 5 heteroatoms. The Bertz CT molecular complexity index is 375. The van der Waals surface area contributed by atoms with E-state index in [9.17, 15) is 4.79 Å². The highest BCUT2D eigenvalue weighted by atomic mass is 35.5. The minimum Gasteiger partial charge on any atom is -0.385 e. The number of alkyl halides is 1. The summed E-state index contributed by atoms with van der Waals surface area (Å²) >= 11 is 5.48. The monoisotopic (exact) mass is 285 g/mol. The molecule has 0 rings (SSSR count). The first-order chi connectivity index (χ1) is 8.61. The van der Waals surface area contributed by atoms with Gasteiger partial charge in [0.15, 0.2) is 0 Å². The lowest BCUT2D eigenvalue weighted by molar-refractivity contribution is -0.117. The molecule has 2 N–H and O–H groups in total. The topological polar surface area (TPSA) is 64.9 Å². The summed E-state index contributed by atoms with van der Waals surface area (Å²) in [4.78, 5) is 11.6. The van der Waals surface area contributed by atoms with Crippen molar-refractivity contribution in [1.82, 2.24) is 10.6 Å². The van der Waals surface area contributed by atoms with Gasteiger partial charge in [-0.25, -0.2) is 0 Å². The summed E-state index contributed by atoms with van der Waals surface area (Å²) in [5.41, 5.74) is 0.0395. The Labute approximate surface area is 121 Å². The molecule has 0 aliphatic rings. The van der Waals surface area contributed by atoms with Gasteiger partial charge in [0, 0.05) is 24.2 Å². The van der Waals surface area contributed by atoms with E-state index in [1.807, 2.05) is 19.9 Å². The second kappa shape index (κ2) is 7.40. The highest BCUT2D eigenvalue weighted by Crippen LogP contribution is 2.26. The first-order valence-corrected chi connectivity index (χ1v) is 6.87. The molecule has 0 aromatic carbocycles. The van der Waals surface area contributed by atoms with Gasteiger partial charge in [-0.1, -0.05) is 20.8 Å². The van der Waals surface area contributed by atoms with Gasteiger partial charge in [-0.2, -0.15) is 5.26 Å². The maximum Gasteiger partial charge on any atom is 0.263 e. The Balaban J connectivity index is 4.65. The van der Waals surface area contributed by atoms with Crippen molar-refractivity contribution in [3.63, 3.8) is 0 Å². The van der Waals surface area contributed by atoms with Crippen LogP contribution in [0.25, 0.3) is 0 Å². The minimum absolute atomic E-state index is 0.0621. The summed E-state index contributed by atoms with van der Waals surface area (Å²) in [5, 5.41) is 14.7. The fourth-order valence-corrected chi connectivity index (χ4v) is 2.14. The molecule has 0 heterocycles. The summed E-state index contributed by atoms with van der Waals surface area (Å²) in [5.74, 6) is -0.0740. The summed E-state index contributed by atoms with van der Waals surface area (Å²) in [6.45, 7) is 10.9. The first-order valence-electron chi connectivity index (χ1n) is 6.33. The summed E-state index contributed by atoms with van der Waals surface area (Å²) in [7, 11) is 0. The van der Waals surface area contributed by atoms with Gasteiger partial charge < -0.3 is 10.6 Å². The molecule has 0 fully saturated rings. The summed E-state index contributed by atoms with van der Waals surface area (Å²) in [6, 6.07) is 1.89. The molecule has 0 saturated heterocycles. The predicted octanol–water partition coefficient (Wildman–Crippen LogP) is 2.55. The van der Waals surface area contributed by atoms with Crippen LogP contribution in [0.1, 0.15) is 41.0 Å². The van der Waals surface area contributed by atoms with Crippen molar-refractivity contribution in [1.29, 1.82) is 5.26 Å². The van der Waals surface area contributed by atoms with E-state index >= 15 is 0 Å². The molecule has 0 spiro atoms. The number of halogens is 1. The number of amides is 1. The van der Waals surface area contributed by atoms with E-state index in [0.717, 1.165) is 6.42 Å². The fourth-order valence-electron chi connectivity index (χ4n) is 2.05. The lowest BCUT2D eigenvalue weighted by Gasteiger charge is -2.33. The fraction of sp³-hybridized carbons (Fsp3) is 0.714. The van der Waals surface area contributed by atoms with Crippen molar-refractivity contribution >= 4 is 17.5 Å². The molecule has 0 unspecified atom stereocenters. The van der Waals surface area contributed by atoms with Crippen molar-refractivity contribution in [3.8, 4) is 6.07 Å². The van der Waals surface area contributed by atoms with Crippen LogP contribution >= 0.6 is 11.6 Å². The Kier molecular flexibility index (Phi) is 6.93. The second-order valence-corrected chi connectivity index (χ2v) is 6.76. The second-order valence-electron chi connectivity index (χ2n) is 6.38. The van der Waals surface area contributed by atoms with E-state index in [1.54, 1.807) is 0 Å². The predicted molar refractivity (Wildman–Crippen MR) is 78.7 cm³/mol. The molecule has 0 aromatic rings. The van der Waals surface area contributed by atoms with Gasteiger partial charge in [-0.3, -0.25) is 4.79 Å². The van der Waals surface area contributed by atoms with Gasteiger partial charge in [0.2, 0.25) is 0 Å². The van der Waals surface area contributed by atoms with Crippen LogP contribution in [0.3, 0.4) is 0 Å². The van der Waals surface area contributed by atoms with E-state index in [-0.39, 0.29) is 16.5 Å². The van der Waals surface area contributed by atoms with Crippen LogP contribution in [-0.4, -0.2) is 23.9 Å². The lowest BCUT2D eigenvalue weighted by Crippen LogP contribution is -2.40. The van der Waals surface area contributed by atoms with Gasteiger partial charge in [0.05, 0.1) is 0 Å². The van der Waals surface area contributed by atoms with Gasteiger partial charge in [-0.15, -0.1) is 11.6 Å². The van der Waals surface area contributed by atoms with Crippen molar-refractivity contribution in [2.24, 2.45) is 5.41 Å². The number of nitriles is 1. The minimum atomic E-state index is -0.401. The van der Waals surface area contributed by atoms with Crippen molar-refractivity contribution in [2.45, 2.75) is 46.6 Å². The number of rotatable bonds is 6. The zero-order valence-electron chi connectivity index (χ0n) is 12.4. The largest absolute Gasteiger partial charge is 0.385 e. The molecule has 0 aromatic heterocycles. The van der Waals surface area contributed by atoms with Crippen LogP contribution in [0.5, 0.6) is 0 Å². The van der Waals surface area contributed by atoms with Crippen LogP contribution in [-0.2, 0) is 4.79 Å². The lowest BCUT2D eigenvalue weighted by atomic mass is 9.82. The first kappa shape index (κ1) is 17.8. The van der Waals surface area contributed by atoms with Gasteiger partial charge in [-0.05, 0) is 25.7 Å². The normalized spacial score (nSPS) is 12.8. The molecule has 0 saturated carbocycles. The zero-order chi connectivity index (χ0) is 15.1. The number of hydrogen-bond acceptors (Lipinski definition) is 3. The molecule has 0 radical (unpaired) electrons. The molecular formula is C14H24ClN3O. The van der Waals surface area contributed by atoms with E-state index < -0.39 is 5.91 Å². The number of nitrogens with one attached hydrogen (secondary N) is 2. The average Bonchev–Trinajstić information content (AvgIpc) is 2.23. The standard InChI is InChI=1S/C14H24ClN3O/c1-13(2,3)10-14(4,5)18-9-11(8-16)12(19)17-7-6-15/h9,18H,6-7,10H2,1-5H3,(H,17,19)/b11-9-. The Morgan fingerprint density at radius 3 is 2.32 bits per heavy atom. The molecule has 1 amide bonds. The van der Waals surface area contributed by atoms with Crippen LogP contribution in [0.15, 0.2) is 11.8 Å². The number of hydrogen-bond donors (Lipinski definition) is 2. The zero-order valence-corrected chi connectivity index (χ0v) is 13.2.